The van der Waals surface area contributed by atoms with E-state index in [-0.39, 0.29) is 12.5 Å². The van der Waals surface area contributed by atoms with E-state index in [0.29, 0.717) is 17.3 Å². The number of carbonyl (C=O) groups excluding carboxylic acids is 1. The first-order chi connectivity index (χ1) is 12.2. The molecule has 0 atom stereocenters. The van der Waals surface area contributed by atoms with E-state index in [0.717, 1.165) is 25.9 Å². The van der Waals surface area contributed by atoms with Crippen LogP contribution in [-0.2, 0) is 11.2 Å². The number of hydrogen-bond acceptors (Lipinski definition) is 3. The van der Waals surface area contributed by atoms with E-state index in [9.17, 15) is 4.79 Å². The molecule has 0 unspecified atom stereocenters. The summed E-state index contributed by atoms with van der Waals surface area (Å²) in [5, 5.41) is 3.56. The number of nitrogens with zero attached hydrogens (tertiary/aromatic N) is 1. The predicted octanol–water partition coefficient (Wildman–Crippen LogP) is 3.68. The fraction of sp³-hybridized carbons (Fsp3) is 0.350. The van der Waals surface area contributed by atoms with Crippen LogP contribution in [0.2, 0.25) is 5.02 Å². The number of ether oxygens (including phenoxy) is 1. The molecule has 1 N–H and O–H groups in total. The average Bonchev–Trinajstić information content (AvgIpc) is 2.65. The molecule has 3 rings (SSSR count). The Morgan fingerprint density at radius 1 is 1.16 bits per heavy atom. The van der Waals surface area contributed by atoms with Crippen LogP contribution in [0.15, 0.2) is 48.5 Å². The minimum Gasteiger partial charge on any atom is -0.484 e. The van der Waals surface area contributed by atoms with Crippen LogP contribution in [0.5, 0.6) is 5.75 Å². The summed E-state index contributed by atoms with van der Waals surface area (Å²) in [7, 11) is 0. The van der Waals surface area contributed by atoms with Crippen LogP contribution in [0.3, 0.4) is 0 Å². The number of anilines is 1. The van der Waals surface area contributed by atoms with Gasteiger partial charge in [0.05, 0.1) is 0 Å². The highest BCUT2D eigenvalue weighted by molar-refractivity contribution is 6.30. The Kier molecular flexibility index (Phi) is 6.18. The number of aryl methyl sites for hydroxylation is 1. The SMILES string of the molecule is O=C(COc1ccc(Cl)cc1)NCCCN1CCCc2ccccc21. The van der Waals surface area contributed by atoms with Gasteiger partial charge in [-0.1, -0.05) is 29.8 Å². The fourth-order valence-corrected chi connectivity index (χ4v) is 3.20. The summed E-state index contributed by atoms with van der Waals surface area (Å²) in [6, 6.07) is 15.6. The van der Waals surface area contributed by atoms with Crippen molar-refractivity contribution in [2.24, 2.45) is 0 Å². The molecule has 5 heteroatoms. The quantitative estimate of drug-likeness (QED) is 0.768. The molecule has 2 aromatic carbocycles. The maximum atomic E-state index is 11.9. The van der Waals surface area contributed by atoms with Gasteiger partial charge >= 0.3 is 0 Å². The first-order valence-electron chi connectivity index (χ1n) is 8.70. The lowest BCUT2D eigenvalue weighted by molar-refractivity contribution is -0.123. The molecule has 1 aliphatic rings. The summed E-state index contributed by atoms with van der Waals surface area (Å²) in [5.74, 6) is 0.540. The van der Waals surface area contributed by atoms with Crippen molar-refractivity contribution in [3.63, 3.8) is 0 Å². The number of rotatable bonds is 7. The minimum absolute atomic E-state index is 0.0220. The molecule has 0 aromatic heterocycles. The third-order valence-electron chi connectivity index (χ3n) is 4.32. The van der Waals surface area contributed by atoms with E-state index >= 15 is 0 Å². The maximum absolute atomic E-state index is 11.9. The van der Waals surface area contributed by atoms with E-state index in [1.54, 1.807) is 24.3 Å². The van der Waals surface area contributed by atoms with Gasteiger partial charge in [-0.15, -0.1) is 0 Å². The number of hydrogen-bond donors (Lipinski definition) is 1. The highest BCUT2D eigenvalue weighted by atomic mass is 35.5. The highest BCUT2D eigenvalue weighted by Gasteiger charge is 2.15. The Hall–Kier alpha value is -2.20. The molecule has 132 valence electrons. The number of nitrogens with one attached hydrogen (secondary N) is 1. The number of amides is 1. The van der Waals surface area contributed by atoms with Gasteiger partial charge < -0.3 is 15.0 Å². The molecule has 4 nitrogen and oxygen atoms in total. The zero-order valence-electron chi connectivity index (χ0n) is 14.2. The molecular weight excluding hydrogens is 336 g/mol. The van der Waals surface area contributed by atoms with Gasteiger partial charge in [-0.2, -0.15) is 0 Å². The molecule has 0 saturated heterocycles. The minimum atomic E-state index is -0.103. The van der Waals surface area contributed by atoms with Gasteiger partial charge in [0.15, 0.2) is 6.61 Å². The van der Waals surface area contributed by atoms with E-state index in [1.807, 2.05) is 0 Å². The molecule has 25 heavy (non-hydrogen) atoms. The lowest BCUT2D eigenvalue weighted by atomic mass is 10.0. The van der Waals surface area contributed by atoms with Gasteiger partial charge in [0.25, 0.3) is 5.91 Å². The van der Waals surface area contributed by atoms with Crippen molar-refractivity contribution in [3.05, 3.63) is 59.1 Å². The second kappa shape index (κ2) is 8.77. The summed E-state index contributed by atoms with van der Waals surface area (Å²) in [4.78, 5) is 14.3. The Balaban J connectivity index is 1.36. The summed E-state index contributed by atoms with van der Waals surface area (Å²) in [5.41, 5.74) is 2.76. The number of carbonyl (C=O) groups is 1. The van der Waals surface area contributed by atoms with E-state index in [4.69, 9.17) is 16.3 Å². The third-order valence-corrected chi connectivity index (χ3v) is 4.57. The third kappa shape index (κ3) is 5.13. The molecular formula is C20H23ClN2O2. The Labute approximate surface area is 153 Å². The number of halogens is 1. The highest BCUT2D eigenvalue weighted by Crippen LogP contribution is 2.26. The molecule has 2 aromatic rings. The first-order valence-corrected chi connectivity index (χ1v) is 9.08. The molecule has 1 amide bonds. The van der Waals surface area contributed by atoms with Crippen LogP contribution in [-0.4, -0.2) is 32.1 Å². The second-order valence-electron chi connectivity index (χ2n) is 6.17. The zero-order valence-corrected chi connectivity index (χ0v) is 15.0. The smallest absolute Gasteiger partial charge is 0.257 e. The van der Waals surface area contributed by atoms with Crippen LogP contribution >= 0.6 is 11.6 Å². The fourth-order valence-electron chi connectivity index (χ4n) is 3.07. The van der Waals surface area contributed by atoms with Gasteiger partial charge in [0.2, 0.25) is 0 Å². The molecule has 0 radical (unpaired) electrons. The molecule has 0 aliphatic carbocycles. The van der Waals surface area contributed by atoms with Crippen LogP contribution in [0, 0.1) is 0 Å². The number of fused-ring (bicyclic) bond motifs is 1. The second-order valence-corrected chi connectivity index (χ2v) is 6.60. The van der Waals surface area contributed by atoms with Crippen molar-refractivity contribution in [1.82, 2.24) is 5.32 Å². The van der Waals surface area contributed by atoms with Crippen molar-refractivity contribution >= 4 is 23.2 Å². The Morgan fingerprint density at radius 3 is 2.80 bits per heavy atom. The summed E-state index contributed by atoms with van der Waals surface area (Å²) >= 11 is 5.82. The van der Waals surface area contributed by atoms with Crippen molar-refractivity contribution in [1.29, 1.82) is 0 Å². The summed E-state index contributed by atoms with van der Waals surface area (Å²) < 4.78 is 5.44. The van der Waals surface area contributed by atoms with E-state index in [1.165, 1.54) is 17.7 Å². The van der Waals surface area contributed by atoms with Gasteiger partial charge in [0.1, 0.15) is 5.75 Å². The molecule has 0 spiro atoms. The molecule has 0 saturated carbocycles. The summed E-state index contributed by atoms with van der Waals surface area (Å²) in [6.45, 7) is 2.72. The van der Waals surface area contributed by atoms with Crippen molar-refractivity contribution < 1.29 is 9.53 Å². The van der Waals surface area contributed by atoms with Crippen molar-refractivity contribution in [2.45, 2.75) is 19.3 Å². The van der Waals surface area contributed by atoms with Crippen LogP contribution in [0.25, 0.3) is 0 Å². The van der Waals surface area contributed by atoms with Gasteiger partial charge in [-0.25, -0.2) is 0 Å². The van der Waals surface area contributed by atoms with Crippen LogP contribution < -0.4 is 15.0 Å². The molecule has 0 fully saturated rings. The normalized spacial score (nSPS) is 13.2. The predicted molar refractivity (Wildman–Crippen MR) is 102 cm³/mol. The van der Waals surface area contributed by atoms with Crippen molar-refractivity contribution in [2.75, 3.05) is 31.1 Å². The molecule has 1 heterocycles. The lowest BCUT2D eigenvalue weighted by Gasteiger charge is -2.31. The zero-order chi connectivity index (χ0) is 17.5. The topological polar surface area (TPSA) is 41.6 Å². The lowest BCUT2D eigenvalue weighted by Crippen LogP contribution is -2.34. The Morgan fingerprint density at radius 2 is 1.96 bits per heavy atom. The van der Waals surface area contributed by atoms with Gasteiger partial charge in [0, 0.05) is 30.3 Å². The number of para-hydroxylation sites is 1. The first kappa shape index (κ1) is 17.6. The monoisotopic (exact) mass is 358 g/mol. The van der Waals surface area contributed by atoms with Gasteiger partial charge in [-0.3, -0.25) is 4.79 Å². The molecule has 1 aliphatic heterocycles. The van der Waals surface area contributed by atoms with Crippen LogP contribution in [0.1, 0.15) is 18.4 Å². The summed E-state index contributed by atoms with van der Waals surface area (Å²) in [6.07, 6.45) is 3.27. The van der Waals surface area contributed by atoms with E-state index < -0.39 is 0 Å². The average molecular weight is 359 g/mol. The van der Waals surface area contributed by atoms with Gasteiger partial charge in [-0.05, 0) is 55.2 Å². The van der Waals surface area contributed by atoms with Crippen LogP contribution in [0.4, 0.5) is 5.69 Å². The van der Waals surface area contributed by atoms with Crippen molar-refractivity contribution in [3.8, 4) is 5.75 Å². The van der Waals surface area contributed by atoms with E-state index in [2.05, 4.69) is 34.5 Å². The number of benzene rings is 2. The standard InChI is InChI=1S/C20H23ClN2O2/c21-17-8-10-18(11-9-17)25-15-20(24)22-12-4-14-23-13-3-6-16-5-1-2-7-19(16)23/h1-2,5,7-11H,3-4,6,12-15H2,(H,22,24). The molecule has 0 bridgehead atoms. The Bertz CT molecular complexity index is 703. The maximum Gasteiger partial charge on any atom is 0.257 e. The largest absolute Gasteiger partial charge is 0.484 e.